The molecule has 21 heavy (non-hydrogen) atoms. The van der Waals surface area contributed by atoms with Crippen molar-refractivity contribution in [2.24, 2.45) is 0 Å². The van der Waals surface area contributed by atoms with Crippen LogP contribution in [0.1, 0.15) is 11.1 Å². The zero-order valence-corrected chi connectivity index (χ0v) is 11.7. The highest BCUT2D eigenvalue weighted by molar-refractivity contribution is 5.51. The maximum Gasteiger partial charge on any atom is 0.150 e. The molecule has 108 valence electrons. The van der Waals surface area contributed by atoms with Gasteiger partial charge in [-0.3, -0.25) is 0 Å². The van der Waals surface area contributed by atoms with Gasteiger partial charge in [0.25, 0.3) is 0 Å². The smallest absolute Gasteiger partial charge is 0.150 e. The minimum Gasteiger partial charge on any atom is -0.376 e. The Hall–Kier alpha value is -2.68. The third-order valence-corrected chi connectivity index (χ3v) is 2.91. The van der Waals surface area contributed by atoms with E-state index in [9.17, 15) is 8.78 Å². The van der Waals surface area contributed by atoms with Gasteiger partial charge >= 0.3 is 0 Å². The van der Waals surface area contributed by atoms with Gasteiger partial charge in [0.2, 0.25) is 0 Å². The number of nitriles is 1. The zero-order chi connectivity index (χ0) is 15.4. The number of rotatable bonds is 4. The van der Waals surface area contributed by atoms with Crippen molar-refractivity contribution in [3.63, 3.8) is 0 Å². The summed E-state index contributed by atoms with van der Waals surface area (Å²) >= 11 is 0. The van der Waals surface area contributed by atoms with Crippen LogP contribution < -0.4 is 10.2 Å². The lowest BCUT2D eigenvalue weighted by Gasteiger charge is -2.13. The predicted octanol–water partition coefficient (Wildman–Crippen LogP) is 2.91. The predicted molar refractivity (Wildman–Crippen MR) is 77.0 cm³/mol. The standard InChI is InChI=1S/C15H14F2N4/c1-21(2)14-7-10(3-4-19-14)9-20-15-12(16)5-11(8-18)6-13(15)17/h3-7,20H,9H2,1-2H3. The molecule has 2 rings (SSSR count). The Kier molecular flexibility index (Phi) is 4.33. The van der Waals surface area contributed by atoms with Crippen molar-refractivity contribution in [2.45, 2.75) is 6.54 Å². The van der Waals surface area contributed by atoms with E-state index in [2.05, 4.69) is 10.3 Å². The lowest BCUT2D eigenvalue weighted by atomic mass is 10.2. The molecule has 0 unspecified atom stereocenters. The monoisotopic (exact) mass is 288 g/mol. The Morgan fingerprint density at radius 2 is 1.90 bits per heavy atom. The van der Waals surface area contributed by atoms with Crippen molar-refractivity contribution in [3.05, 3.63) is 53.2 Å². The van der Waals surface area contributed by atoms with Gasteiger partial charge in [0.1, 0.15) is 11.5 Å². The van der Waals surface area contributed by atoms with Crippen molar-refractivity contribution in [1.82, 2.24) is 4.98 Å². The quantitative estimate of drug-likeness (QED) is 0.940. The largest absolute Gasteiger partial charge is 0.376 e. The summed E-state index contributed by atoms with van der Waals surface area (Å²) in [6, 6.07) is 7.30. The number of anilines is 2. The molecule has 0 aliphatic carbocycles. The number of pyridine rings is 1. The van der Waals surface area contributed by atoms with Crippen LogP contribution in [-0.2, 0) is 6.54 Å². The maximum atomic E-state index is 13.7. The highest BCUT2D eigenvalue weighted by Crippen LogP contribution is 2.21. The van der Waals surface area contributed by atoms with Crippen molar-refractivity contribution in [1.29, 1.82) is 5.26 Å². The van der Waals surface area contributed by atoms with E-state index >= 15 is 0 Å². The first-order valence-electron chi connectivity index (χ1n) is 6.26. The van der Waals surface area contributed by atoms with Crippen LogP contribution in [0.15, 0.2) is 30.5 Å². The topological polar surface area (TPSA) is 52.0 Å². The number of hydrogen-bond acceptors (Lipinski definition) is 4. The summed E-state index contributed by atoms with van der Waals surface area (Å²) in [5, 5.41) is 11.4. The normalized spacial score (nSPS) is 10.0. The molecule has 0 fully saturated rings. The first-order chi connectivity index (χ1) is 10.0. The molecule has 0 saturated carbocycles. The molecule has 0 radical (unpaired) electrons. The van der Waals surface area contributed by atoms with Gasteiger partial charge in [-0.2, -0.15) is 5.26 Å². The minimum atomic E-state index is -0.784. The van der Waals surface area contributed by atoms with E-state index in [1.54, 1.807) is 18.3 Å². The Labute approximate surface area is 121 Å². The van der Waals surface area contributed by atoms with E-state index in [0.29, 0.717) is 0 Å². The van der Waals surface area contributed by atoms with Crippen LogP contribution >= 0.6 is 0 Å². The van der Waals surface area contributed by atoms with Crippen LogP contribution in [-0.4, -0.2) is 19.1 Å². The second-order valence-electron chi connectivity index (χ2n) is 4.70. The second-order valence-corrected chi connectivity index (χ2v) is 4.70. The average Bonchev–Trinajstić information content (AvgIpc) is 2.46. The van der Waals surface area contributed by atoms with Crippen LogP contribution in [0.4, 0.5) is 20.3 Å². The van der Waals surface area contributed by atoms with Crippen molar-refractivity contribution in [2.75, 3.05) is 24.3 Å². The van der Waals surface area contributed by atoms with Gasteiger partial charge in [0.15, 0.2) is 11.6 Å². The molecule has 0 aliphatic rings. The average molecular weight is 288 g/mol. The lowest BCUT2D eigenvalue weighted by Crippen LogP contribution is -2.11. The SMILES string of the molecule is CN(C)c1cc(CNc2c(F)cc(C#N)cc2F)ccn1. The van der Waals surface area contributed by atoms with Gasteiger partial charge in [0.05, 0.1) is 11.6 Å². The maximum absolute atomic E-state index is 13.7. The van der Waals surface area contributed by atoms with Crippen molar-refractivity contribution >= 4 is 11.5 Å². The molecule has 4 nitrogen and oxygen atoms in total. The van der Waals surface area contributed by atoms with Gasteiger partial charge in [-0.15, -0.1) is 0 Å². The molecule has 0 spiro atoms. The van der Waals surface area contributed by atoms with Gasteiger partial charge in [-0.05, 0) is 29.8 Å². The van der Waals surface area contributed by atoms with E-state index in [1.165, 1.54) is 0 Å². The highest BCUT2D eigenvalue weighted by atomic mass is 19.1. The van der Waals surface area contributed by atoms with Crippen molar-refractivity contribution < 1.29 is 8.78 Å². The zero-order valence-electron chi connectivity index (χ0n) is 11.7. The first-order valence-corrected chi connectivity index (χ1v) is 6.26. The fraction of sp³-hybridized carbons (Fsp3) is 0.200. The Morgan fingerprint density at radius 1 is 1.24 bits per heavy atom. The van der Waals surface area contributed by atoms with Gasteiger partial charge < -0.3 is 10.2 Å². The Bertz CT molecular complexity index is 669. The molecule has 1 aromatic carbocycles. The molecule has 2 aromatic rings. The number of halogens is 2. The summed E-state index contributed by atoms with van der Waals surface area (Å²) in [4.78, 5) is 6.01. The van der Waals surface area contributed by atoms with Gasteiger partial charge in [-0.1, -0.05) is 0 Å². The second kappa shape index (κ2) is 6.18. The molecule has 0 bridgehead atoms. The van der Waals surface area contributed by atoms with Gasteiger partial charge in [-0.25, -0.2) is 13.8 Å². The molecule has 6 heteroatoms. The van der Waals surface area contributed by atoms with Crippen LogP contribution in [0.3, 0.4) is 0 Å². The van der Waals surface area contributed by atoms with Crippen LogP contribution in [0.25, 0.3) is 0 Å². The molecular formula is C15H14F2N4. The molecule has 0 atom stereocenters. The number of nitrogens with one attached hydrogen (secondary N) is 1. The van der Waals surface area contributed by atoms with E-state index in [0.717, 1.165) is 23.5 Å². The van der Waals surface area contributed by atoms with Crippen LogP contribution in [0.5, 0.6) is 0 Å². The van der Waals surface area contributed by atoms with Crippen LogP contribution in [0.2, 0.25) is 0 Å². The van der Waals surface area contributed by atoms with E-state index in [1.807, 2.05) is 25.1 Å². The summed E-state index contributed by atoms with van der Waals surface area (Å²) in [5.41, 5.74) is 0.559. The molecule has 0 amide bonds. The number of benzene rings is 1. The number of aromatic nitrogens is 1. The third-order valence-electron chi connectivity index (χ3n) is 2.91. The van der Waals surface area contributed by atoms with E-state index < -0.39 is 11.6 Å². The number of hydrogen-bond donors (Lipinski definition) is 1. The number of nitrogens with zero attached hydrogens (tertiary/aromatic N) is 3. The Morgan fingerprint density at radius 3 is 2.48 bits per heavy atom. The van der Waals surface area contributed by atoms with Crippen LogP contribution in [0, 0.1) is 23.0 Å². The third kappa shape index (κ3) is 3.45. The lowest BCUT2D eigenvalue weighted by molar-refractivity contribution is 0.587. The van der Waals surface area contributed by atoms with Crippen molar-refractivity contribution in [3.8, 4) is 6.07 Å². The van der Waals surface area contributed by atoms with E-state index in [-0.39, 0.29) is 17.8 Å². The summed E-state index contributed by atoms with van der Waals surface area (Å²) in [7, 11) is 3.72. The minimum absolute atomic E-state index is 0.0469. The highest BCUT2D eigenvalue weighted by Gasteiger charge is 2.11. The summed E-state index contributed by atoms with van der Waals surface area (Å²) in [6.45, 7) is 0.253. The molecule has 1 aromatic heterocycles. The molecule has 0 saturated heterocycles. The molecule has 1 N–H and O–H groups in total. The van der Waals surface area contributed by atoms with Gasteiger partial charge in [0, 0.05) is 26.8 Å². The molecule has 1 heterocycles. The fourth-order valence-corrected chi connectivity index (χ4v) is 1.81. The first kappa shape index (κ1) is 14.7. The summed E-state index contributed by atoms with van der Waals surface area (Å²) in [6.07, 6.45) is 1.64. The summed E-state index contributed by atoms with van der Waals surface area (Å²) < 4.78 is 27.5. The van der Waals surface area contributed by atoms with E-state index in [4.69, 9.17) is 5.26 Å². The fourth-order valence-electron chi connectivity index (χ4n) is 1.81. The Balaban J connectivity index is 2.17. The molecular weight excluding hydrogens is 274 g/mol. The molecule has 0 aliphatic heterocycles. The summed E-state index contributed by atoms with van der Waals surface area (Å²) in [5.74, 6) is -0.808.